The number of anilines is 1. The van der Waals surface area contributed by atoms with Gasteiger partial charge in [-0.3, -0.25) is 19.7 Å². The molecule has 0 bridgehead atoms. The van der Waals surface area contributed by atoms with Gasteiger partial charge < -0.3 is 24.3 Å². The predicted octanol–water partition coefficient (Wildman–Crippen LogP) is 3.56. The SMILES string of the molecule is COc1cc(C(=O)Oc2c(/C=N/NC(=O)c3ccc(NC(C)=O)cc3)cccc2[N+](=O)[O-])cc(OC)c1OC. The number of para-hydroxylation sites is 1. The van der Waals surface area contributed by atoms with Crippen LogP contribution in [0, 0.1) is 10.1 Å². The second-order valence-corrected chi connectivity index (χ2v) is 7.71. The summed E-state index contributed by atoms with van der Waals surface area (Å²) in [5.74, 6) is -1.56. The van der Waals surface area contributed by atoms with E-state index in [9.17, 15) is 24.5 Å². The second kappa shape index (κ2) is 12.7. The van der Waals surface area contributed by atoms with Crippen LogP contribution in [0.5, 0.6) is 23.0 Å². The van der Waals surface area contributed by atoms with Crippen LogP contribution in [-0.2, 0) is 4.79 Å². The number of benzene rings is 3. The fourth-order valence-corrected chi connectivity index (χ4v) is 3.38. The van der Waals surface area contributed by atoms with E-state index in [1.54, 1.807) is 12.1 Å². The summed E-state index contributed by atoms with van der Waals surface area (Å²) in [6, 6.07) is 12.7. The van der Waals surface area contributed by atoms with Gasteiger partial charge in [0.2, 0.25) is 17.4 Å². The molecule has 0 aliphatic rings. The number of hydrazone groups is 1. The minimum atomic E-state index is -0.943. The Morgan fingerprint density at radius 1 is 0.897 bits per heavy atom. The minimum absolute atomic E-state index is 0.0263. The van der Waals surface area contributed by atoms with Gasteiger partial charge >= 0.3 is 11.7 Å². The van der Waals surface area contributed by atoms with Crippen molar-refractivity contribution in [2.24, 2.45) is 5.10 Å². The zero-order chi connectivity index (χ0) is 28.5. The van der Waals surface area contributed by atoms with Crippen molar-refractivity contribution < 1.29 is 38.3 Å². The molecule has 39 heavy (non-hydrogen) atoms. The Kier molecular flexibility index (Phi) is 9.14. The van der Waals surface area contributed by atoms with Crippen LogP contribution in [0.25, 0.3) is 0 Å². The molecule has 202 valence electrons. The molecule has 0 saturated carbocycles. The topological polar surface area (TPSA) is 168 Å². The largest absolute Gasteiger partial charge is 0.493 e. The van der Waals surface area contributed by atoms with Gasteiger partial charge in [0.25, 0.3) is 5.91 Å². The smallest absolute Gasteiger partial charge is 0.344 e. The molecule has 2 amide bonds. The number of rotatable bonds is 10. The third kappa shape index (κ3) is 6.85. The van der Waals surface area contributed by atoms with Crippen LogP contribution in [0.3, 0.4) is 0 Å². The average Bonchev–Trinajstić information content (AvgIpc) is 2.92. The summed E-state index contributed by atoms with van der Waals surface area (Å²) >= 11 is 0. The van der Waals surface area contributed by atoms with Gasteiger partial charge in [-0.25, -0.2) is 10.2 Å². The third-order valence-corrected chi connectivity index (χ3v) is 5.15. The van der Waals surface area contributed by atoms with Crippen molar-refractivity contribution in [1.82, 2.24) is 5.43 Å². The lowest BCUT2D eigenvalue weighted by molar-refractivity contribution is -0.385. The first-order chi connectivity index (χ1) is 18.7. The standard InChI is InChI=1S/C26H24N4O9/c1-15(31)28-19-10-8-16(9-11-19)25(32)29-27-14-17-6-5-7-20(30(34)35)23(17)39-26(33)18-12-21(36-2)24(38-4)22(13-18)37-3/h5-14H,1-4H3,(H,28,31)(H,29,32)/b27-14+. The van der Waals surface area contributed by atoms with Crippen LogP contribution in [-0.4, -0.2) is 50.3 Å². The number of amides is 2. The van der Waals surface area contributed by atoms with E-state index in [-0.39, 0.29) is 45.6 Å². The van der Waals surface area contributed by atoms with E-state index in [0.717, 1.165) is 12.3 Å². The number of nitrogens with zero attached hydrogens (tertiary/aromatic N) is 2. The molecule has 0 aromatic heterocycles. The van der Waals surface area contributed by atoms with Crippen LogP contribution >= 0.6 is 0 Å². The zero-order valence-electron chi connectivity index (χ0n) is 21.3. The molecule has 0 radical (unpaired) electrons. The number of nitrogens with one attached hydrogen (secondary N) is 2. The molecule has 0 saturated heterocycles. The van der Waals surface area contributed by atoms with Gasteiger partial charge in [-0.2, -0.15) is 5.10 Å². The molecule has 0 heterocycles. The van der Waals surface area contributed by atoms with Gasteiger partial charge in [0, 0.05) is 29.8 Å². The van der Waals surface area contributed by atoms with E-state index in [2.05, 4.69) is 15.8 Å². The number of methoxy groups -OCH3 is 3. The maximum absolute atomic E-state index is 13.0. The first kappa shape index (κ1) is 28.1. The Bertz CT molecular complexity index is 1410. The molecule has 0 fully saturated rings. The van der Waals surface area contributed by atoms with Crippen LogP contribution in [0.15, 0.2) is 59.7 Å². The van der Waals surface area contributed by atoms with Crippen molar-refractivity contribution in [3.63, 3.8) is 0 Å². The van der Waals surface area contributed by atoms with Gasteiger partial charge in [-0.05, 0) is 42.5 Å². The Balaban J connectivity index is 1.86. The summed E-state index contributed by atoms with van der Waals surface area (Å²) in [6.45, 7) is 1.36. The molecule has 3 aromatic rings. The molecule has 0 spiro atoms. The molecule has 0 unspecified atom stereocenters. The van der Waals surface area contributed by atoms with E-state index < -0.39 is 22.5 Å². The maximum atomic E-state index is 13.0. The van der Waals surface area contributed by atoms with Gasteiger partial charge in [-0.1, -0.05) is 6.07 Å². The molecular formula is C26H24N4O9. The van der Waals surface area contributed by atoms with E-state index in [4.69, 9.17) is 18.9 Å². The van der Waals surface area contributed by atoms with Crippen molar-refractivity contribution in [2.45, 2.75) is 6.92 Å². The molecule has 13 nitrogen and oxygen atoms in total. The molecule has 0 aliphatic heterocycles. The number of nitro groups is 1. The summed E-state index contributed by atoms with van der Waals surface area (Å²) in [6.07, 6.45) is 1.11. The lowest BCUT2D eigenvalue weighted by atomic mass is 10.1. The molecule has 0 aliphatic carbocycles. The number of ether oxygens (including phenoxy) is 4. The third-order valence-electron chi connectivity index (χ3n) is 5.15. The molecule has 0 atom stereocenters. The quantitative estimate of drug-likeness (QED) is 0.129. The minimum Gasteiger partial charge on any atom is -0.493 e. The molecular weight excluding hydrogens is 512 g/mol. The van der Waals surface area contributed by atoms with Crippen molar-refractivity contribution >= 4 is 35.4 Å². The van der Waals surface area contributed by atoms with E-state index in [0.29, 0.717) is 5.69 Å². The predicted molar refractivity (Wildman–Crippen MR) is 140 cm³/mol. The molecule has 3 aromatic carbocycles. The lowest BCUT2D eigenvalue weighted by Crippen LogP contribution is -2.18. The van der Waals surface area contributed by atoms with Crippen molar-refractivity contribution in [3.05, 3.63) is 81.4 Å². The summed E-state index contributed by atoms with van der Waals surface area (Å²) in [5.41, 5.74) is 2.57. The average molecular weight is 536 g/mol. The monoisotopic (exact) mass is 536 g/mol. The molecule has 2 N–H and O–H groups in total. The van der Waals surface area contributed by atoms with Crippen LogP contribution < -0.4 is 29.7 Å². The maximum Gasteiger partial charge on any atom is 0.344 e. The fraction of sp³-hybridized carbons (Fsp3) is 0.154. The summed E-state index contributed by atoms with van der Waals surface area (Å²) in [5, 5.41) is 18.1. The molecule has 3 rings (SSSR count). The normalized spacial score (nSPS) is 10.5. The number of hydrogen-bond donors (Lipinski definition) is 2. The molecule has 13 heteroatoms. The first-order valence-electron chi connectivity index (χ1n) is 11.2. The van der Waals surface area contributed by atoms with Crippen LogP contribution in [0.4, 0.5) is 11.4 Å². The van der Waals surface area contributed by atoms with Crippen LogP contribution in [0.1, 0.15) is 33.2 Å². The fourth-order valence-electron chi connectivity index (χ4n) is 3.38. The zero-order valence-corrected chi connectivity index (χ0v) is 21.3. The van der Waals surface area contributed by atoms with Crippen molar-refractivity contribution in [2.75, 3.05) is 26.6 Å². The van der Waals surface area contributed by atoms with Gasteiger partial charge in [-0.15, -0.1) is 0 Å². The Labute approximate surface area is 222 Å². The number of carbonyl (C=O) groups excluding carboxylic acids is 3. The Morgan fingerprint density at radius 3 is 2.08 bits per heavy atom. The lowest BCUT2D eigenvalue weighted by Gasteiger charge is -2.14. The van der Waals surface area contributed by atoms with Gasteiger partial charge in [0.1, 0.15) is 0 Å². The summed E-state index contributed by atoms with van der Waals surface area (Å²) < 4.78 is 21.1. The van der Waals surface area contributed by atoms with E-state index in [1.165, 1.54) is 64.7 Å². The highest BCUT2D eigenvalue weighted by atomic mass is 16.6. The van der Waals surface area contributed by atoms with Crippen LogP contribution in [0.2, 0.25) is 0 Å². The van der Waals surface area contributed by atoms with Crippen molar-refractivity contribution in [3.8, 4) is 23.0 Å². The highest BCUT2D eigenvalue weighted by Crippen LogP contribution is 2.39. The highest BCUT2D eigenvalue weighted by Gasteiger charge is 2.24. The Hall–Kier alpha value is -5.46. The number of nitro benzene ring substituents is 1. The highest BCUT2D eigenvalue weighted by molar-refractivity contribution is 5.97. The number of esters is 1. The summed E-state index contributed by atoms with van der Waals surface area (Å²) in [7, 11) is 4.14. The van der Waals surface area contributed by atoms with Gasteiger partial charge in [0.05, 0.1) is 38.0 Å². The number of hydrogen-bond acceptors (Lipinski definition) is 10. The number of carbonyl (C=O) groups is 3. The summed E-state index contributed by atoms with van der Waals surface area (Å²) in [4.78, 5) is 47.5. The van der Waals surface area contributed by atoms with E-state index in [1.807, 2.05) is 0 Å². The second-order valence-electron chi connectivity index (χ2n) is 7.71. The van der Waals surface area contributed by atoms with Crippen molar-refractivity contribution in [1.29, 1.82) is 0 Å². The Morgan fingerprint density at radius 2 is 1.54 bits per heavy atom. The van der Waals surface area contributed by atoms with Gasteiger partial charge in [0.15, 0.2) is 11.5 Å². The van der Waals surface area contributed by atoms with E-state index >= 15 is 0 Å². The first-order valence-corrected chi connectivity index (χ1v) is 11.2.